The molecule has 0 aliphatic carbocycles. The maximum atomic E-state index is 11.4. The lowest BCUT2D eigenvalue weighted by Crippen LogP contribution is -2.04. The summed E-state index contributed by atoms with van der Waals surface area (Å²) >= 11 is 9.08. The van der Waals surface area contributed by atoms with E-state index in [1.807, 2.05) is 24.3 Å². The predicted octanol–water partition coefficient (Wildman–Crippen LogP) is 4.66. The maximum Gasteiger partial charge on any atom is 0.311 e. The first-order chi connectivity index (χ1) is 12.1. The number of hydrogen-bond acceptors (Lipinski definition) is 6. The van der Waals surface area contributed by atoms with Gasteiger partial charge in [0.05, 0.1) is 21.7 Å². The number of benzene rings is 2. The molecule has 0 saturated carbocycles. The van der Waals surface area contributed by atoms with Crippen LogP contribution in [0.3, 0.4) is 0 Å². The molecule has 0 saturated heterocycles. The molecule has 25 heavy (non-hydrogen) atoms. The van der Waals surface area contributed by atoms with Crippen LogP contribution in [0.1, 0.15) is 0 Å². The van der Waals surface area contributed by atoms with E-state index in [-0.39, 0.29) is 23.9 Å². The number of alkyl halides is 1. The smallest absolute Gasteiger partial charge is 0.311 e. The Labute approximate surface area is 156 Å². The molecule has 1 heterocycles. The first-order valence-corrected chi connectivity index (χ1v) is 8.56. The van der Waals surface area contributed by atoms with Crippen molar-refractivity contribution in [1.82, 2.24) is 9.97 Å². The zero-order valence-corrected chi connectivity index (χ0v) is 15.1. The van der Waals surface area contributed by atoms with Gasteiger partial charge in [0.1, 0.15) is 18.8 Å². The lowest BCUT2D eigenvalue weighted by molar-refractivity contribution is -0.385. The topological polar surface area (TPSA) is 90.2 Å². The van der Waals surface area contributed by atoms with Gasteiger partial charge in [-0.1, -0.05) is 22.0 Å². The Bertz CT molecular complexity index is 938. The van der Waals surface area contributed by atoms with Crippen LogP contribution in [0, 0.1) is 10.1 Å². The molecule has 0 radical (unpaired) electrons. The summed E-state index contributed by atoms with van der Waals surface area (Å²) in [5.41, 5.74) is 1.14. The highest BCUT2D eigenvalue weighted by molar-refractivity contribution is 9.10. The van der Waals surface area contributed by atoms with Gasteiger partial charge in [0.2, 0.25) is 5.75 Å². The number of nitro groups is 1. The van der Waals surface area contributed by atoms with Gasteiger partial charge in [0.25, 0.3) is 0 Å². The molecule has 0 spiro atoms. The molecule has 128 valence electrons. The highest BCUT2D eigenvalue weighted by Crippen LogP contribution is 2.38. The van der Waals surface area contributed by atoms with E-state index in [2.05, 4.69) is 31.2 Å². The average molecular weight is 424 g/mol. The van der Waals surface area contributed by atoms with Crippen molar-refractivity contribution < 1.29 is 9.66 Å². The van der Waals surface area contributed by atoms with Crippen molar-refractivity contribution >= 4 is 55.6 Å². The number of rotatable bonds is 6. The zero-order chi connectivity index (χ0) is 17.8. The summed E-state index contributed by atoms with van der Waals surface area (Å²) in [6.07, 6.45) is 1.39. The van der Waals surface area contributed by atoms with Crippen molar-refractivity contribution in [2.24, 2.45) is 0 Å². The van der Waals surface area contributed by atoms with E-state index in [0.29, 0.717) is 16.7 Å². The van der Waals surface area contributed by atoms with Gasteiger partial charge < -0.3 is 10.1 Å². The van der Waals surface area contributed by atoms with E-state index >= 15 is 0 Å². The molecule has 1 aromatic heterocycles. The summed E-state index contributed by atoms with van der Waals surface area (Å²) in [7, 11) is 0. The third kappa shape index (κ3) is 3.80. The molecular formula is C16H12BrClN4O3. The van der Waals surface area contributed by atoms with Crippen LogP contribution in [0.2, 0.25) is 0 Å². The number of hydrogen-bond donors (Lipinski definition) is 1. The Morgan fingerprint density at radius 2 is 2.12 bits per heavy atom. The zero-order valence-electron chi connectivity index (χ0n) is 12.8. The number of fused-ring (bicyclic) bond motifs is 1. The van der Waals surface area contributed by atoms with Gasteiger partial charge in [0, 0.05) is 16.2 Å². The minimum absolute atomic E-state index is 0.0984. The van der Waals surface area contributed by atoms with Crippen molar-refractivity contribution in [3.8, 4) is 5.75 Å². The summed E-state index contributed by atoms with van der Waals surface area (Å²) in [6.45, 7) is 0.132. The van der Waals surface area contributed by atoms with Gasteiger partial charge in [-0.2, -0.15) is 0 Å². The van der Waals surface area contributed by atoms with Gasteiger partial charge in [-0.15, -0.1) is 11.6 Å². The summed E-state index contributed by atoms with van der Waals surface area (Å²) < 4.78 is 6.45. The van der Waals surface area contributed by atoms with E-state index in [4.69, 9.17) is 16.3 Å². The number of halogens is 2. The maximum absolute atomic E-state index is 11.4. The van der Waals surface area contributed by atoms with E-state index in [0.717, 1.165) is 10.2 Å². The molecule has 0 aliphatic heterocycles. The van der Waals surface area contributed by atoms with Gasteiger partial charge >= 0.3 is 5.69 Å². The van der Waals surface area contributed by atoms with Crippen molar-refractivity contribution in [3.05, 3.63) is 57.3 Å². The molecule has 7 nitrogen and oxygen atoms in total. The van der Waals surface area contributed by atoms with E-state index in [1.165, 1.54) is 12.4 Å². The van der Waals surface area contributed by atoms with Crippen LogP contribution in [-0.2, 0) is 0 Å². The Morgan fingerprint density at radius 1 is 1.28 bits per heavy atom. The molecule has 0 aliphatic rings. The Kier molecular flexibility index (Phi) is 5.30. The molecule has 0 atom stereocenters. The van der Waals surface area contributed by atoms with Crippen LogP contribution in [0.25, 0.3) is 10.9 Å². The first kappa shape index (κ1) is 17.4. The second kappa shape index (κ2) is 7.62. The summed E-state index contributed by atoms with van der Waals surface area (Å²) in [5.74, 6) is 0.716. The molecule has 0 unspecified atom stereocenters. The second-order valence-electron chi connectivity index (χ2n) is 4.96. The van der Waals surface area contributed by atoms with Gasteiger partial charge in [-0.25, -0.2) is 9.97 Å². The molecule has 1 N–H and O–H groups in total. The SMILES string of the molecule is O=[N+]([O-])c1ccc2ncnc(Nc3cccc(Br)c3)c2c1OCCCl. The quantitative estimate of drug-likeness (QED) is 0.352. The van der Waals surface area contributed by atoms with Gasteiger partial charge in [0.15, 0.2) is 0 Å². The molecule has 2 aromatic carbocycles. The second-order valence-corrected chi connectivity index (χ2v) is 6.25. The minimum Gasteiger partial charge on any atom is -0.485 e. The first-order valence-electron chi connectivity index (χ1n) is 7.23. The lowest BCUT2D eigenvalue weighted by Gasteiger charge is -2.13. The molecule has 3 aromatic rings. The van der Waals surface area contributed by atoms with Crippen LogP contribution in [0.5, 0.6) is 5.75 Å². The summed E-state index contributed by atoms with van der Waals surface area (Å²) in [6, 6.07) is 10.4. The Balaban J connectivity index is 2.17. The monoisotopic (exact) mass is 422 g/mol. The molecule has 0 amide bonds. The fourth-order valence-electron chi connectivity index (χ4n) is 2.34. The average Bonchev–Trinajstić information content (AvgIpc) is 2.59. The van der Waals surface area contributed by atoms with Crippen LogP contribution < -0.4 is 10.1 Å². The molecule has 3 rings (SSSR count). The van der Waals surface area contributed by atoms with Gasteiger partial charge in [-0.3, -0.25) is 10.1 Å². The predicted molar refractivity (Wildman–Crippen MR) is 99.8 cm³/mol. The minimum atomic E-state index is -0.501. The number of anilines is 2. The number of nitrogens with one attached hydrogen (secondary N) is 1. The standard InChI is InChI=1S/C16H12BrClN4O3/c17-10-2-1-3-11(8-10)21-16-14-12(19-9-20-16)4-5-13(22(23)24)15(14)25-7-6-18/h1-5,8-9H,6-7H2,(H,19,20,21). The van der Waals surface area contributed by atoms with E-state index < -0.39 is 4.92 Å². The van der Waals surface area contributed by atoms with Crippen LogP contribution in [-0.4, -0.2) is 27.4 Å². The number of nitro benzene ring substituents is 1. The molecule has 0 bridgehead atoms. The molecule has 9 heteroatoms. The van der Waals surface area contributed by atoms with Crippen molar-refractivity contribution in [3.63, 3.8) is 0 Å². The van der Waals surface area contributed by atoms with Crippen molar-refractivity contribution in [2.45, 2.75) is 0 Å². The van der Waals surface area contributed by atoms with Crippen molar-refractivity contribution in [1.29, 1.82) is 0 Å². The molecular weight excluding hydrogens is 412 g/mol. The van der Waals surface area contributed by atoms with Crippen LogP contribution >= 0.6 is 27.5 Å². The van der Waals surface area contributed by atoms with E-state index in [1.54, 1.807) is 6.07 Å². The third-order valence-corrected chi connectivity index (χ3v) is 3.99. The van der Waals surface area contributed by atoms with Crippen molar-refractivity contribution in [2.75, 3.05) is 17.8 Å². The number of nitrogens with zero attached hydrogens (tertiary/aromatic N) is 3. The highest BCUT2D eigenvalue weighted by atomic mass is 79.9. The number of ether oxygens (including phenoxy) is 1. The third-order valence-electron chi connectivity index (χ3n) is 3.34. The fraction of sp³-hybridized carbons (Fsp3) is 0.125. The van der Waals surface area contributed by atoms with E-state index in [9.17, 15) is 10.1 Å². The lowest BCUT2D eigenvalue weighted by atomic mass is 10.1. The Morgan fingerprint density at radius 3 is 2.84 bits per heavy atom. The summed E-state index contributed by atoms with van der Waals surface area (Å²) in [5, 5.41) is 15.0. The Hall–Kier alpha value is -2.45. The van der Waals surface area contributed by atoms with Crippen LogP contribution in [0.4, 0.5) is 17.2 Å². The summed E-state index contributed by atoms with van der Waals surface area (Å²) in [4.78, 5) is 19.3. The molecule has 0 fully saturated rings. The van der Waals surface area contributed by atoms with Gasteiger partial charge in [-0.05, 0) is 24.3 Å². The largest absolute Gasteiger partial charge is 0.485 e. The normalized spacial score (nSPS) is 10.6. The number of aromatic nitrogens is 2. The fourth-order valence-corrected chi connectivity index (χ4v) is 2.82. The van der Waals surface area contributed by atoms with Crippen LogP contribution in [0.15, 0.2) is 47.2 Å². The highest BCUT2D eigenvalue weighted by Gasteiger charge is 2.22.